The number of Topliss-reactive ketones (excluding diaryl/α,β-unsaturated/α-hetero) is 1. The molecule has 0 saturated heterocycles. The minimum atomic E-state index is -0.666. The maximum Gasteiger partial charge on any atom is 0.245 e. The van der Waals surface area contributed by atoms with E-state index < -0.39 is 11.5 Å². The van der Waals surface area contributed by atoms with Gasteiger partial charge in [-0.3, -0.25) is 10.2 Å². The molecule has 1 heterocycles. The summed E-state index contributed by atoms with van der Waals surface area (Å²) in [5.74, 6) is -0.141. The minimum Gasteiger partial charge on any atom is -0.360 e. The van der Waals surface area contributed by atoms with Gasteiger partial charge in [0.2, 0.25) is 11.5 Å². The fourth-order valence-corrected chi connectivity index (χ4v) is 2.32. The smallest absolute Gasteiger partial charge is 0.245 e. The Bertz CT molecular complexity index is 869. The average molecular weight is 400 g/mol. The van der Waals surface area contributed by atoms with Gasteiger partial charge in [0.25, 0.3) is 0 Å². The Kier molecular flexibility index (Phi) is 5.73. The number of ketones is 1. The fraction of sp³-hybridized carbons (Fsp3) is 0.250. The molecule has 0 aliphatic rings. The van der Waals surface area contributed by atoms with E-state index in [0.29, 0.717) is 11.4 Å². The molecule has 0 aliphatic carbocycles. The van der Waals surface area contributed by atoms with Crippen LogP contribution in [0.15, 0.2) is 27.8 Å². The first-order chi connectivity index (χ1) is 11.6. The second-order valence-corrected chi connectivity index (χ2v) is 7.29. The third kappa shape index (κ3) is 4.51. The number of carbonyl (C=O) groups is 1. The molecule has 2 aromatic rings. The van der Waals surface area contributed by atoms with Crippen LogP contribution < -0.4 is 5.43 Å². The third-order valence-corrected chi connectivity index (χ3v) is 4.28. The second-order valence-electron chi connectivity index (χ2n) is 6.09. The number of anilines is 1. The van der Waals surface area contributed by atoms with Gasteiger partial charge in [-0.05, 0) is 12.1 Å². The summed E-state index contributed by atoms with van der Waals surface area (Å²) in [6.45, 7) is 5.74. The summed E-state index contributed by atoms with van der Waals surface area (Å²) in [5.41, 5.74) is 2.21. The Morgan fingerprint density at radius 3 is 2.32 bits per heavy atom. The molecule has 1 N–H and O–H groups in total. The predicted octanol–water partition coefficient (Wildman–Crippen LogP) is 5.11. The van der Waals surface area contributed by atoms with E-state index in [1.807, 2.05) is 20.8 Å². The summed E-state index contributed by atoms with van der Waals surface area (Å²) in [7, 11) is 0. The Labute approximate surface area is 159 Å². The number of nitrogens with zero attached hydrogens (tertiary/aromatic N) is 3. The van der Waals surface area contributed by atoms with E-state index in [1.54, 1.807) is 6.07 Å². The van der Waals surface area contributed by atoms with Crippen molar-refractivity contribution in [3.63, 3.8) is 0 Å². The number of carbonyl (C=O) groups excluding carboxylic acids is 1. The number of hydrogen-bond donors (Lipinski definition) is 1. The number of hydrogen-bond acceptors (Lipinski definition) is 6. The molecular weight excluding hydrogens is 387 g/mol. The monoisotopic (exact) mass is 398 g/mol. The van der Waals surface area contributed by atoms with Gasteiger partial charge in [0.15, 0.2) is 5.69 Å². The summed E-state index contributed by atoms with van der Waals surface area (Å²) in [6, 6.07) is 6.14. The summed E-state index contributed by atoms with van der Waals surface area (Å²) in [5, 5.41) is 17.3. The Morgan fingerprint density at radius 2 is 1.84 bits per heavy atom. The van der Waals surface area contributed by atoms with Crippen LogP contribution in [-0.2, 0) is 5.41 Å². The van der Waals surface area contributed by atoms with Crippen molar-refractivity contribution in [1.29, 1.82) is 5.26 Å². The summed E-state index contributed by atoms with van der Waals surface area (Å²) in [6.07, 6.45) is 0. The van der Waals surface area contributed by atoms with Crippen molar-refractivity contribution in [1.82, 2.24) is 5.16 Å². The van der Waals surface area contributed by atoms with Gasteiger partial charge in [-0.2, -0.15) is 10.4 Å². The zero-order valence-electron chi connectivity index (χ0n) is 13.5. The van der Waals surface area contributed by atoms with Crippen LogP contribution in [0.25, 0.3) is 0 Å². The lowest BCUT2D eigenvalue weighted by Gasteiger charge is -2.11. The van der Waals surface area contributed by atoms with E-state index in [-0.39, 0.29) is 26.2 Å². The van der Waals surface area contributed by atoms with Crippen LogP contribution in [0.5, 0.6) is 0 Å². The zero-order chi connectivity index (χ0) is 18.8. The maximum absolute atomic E-state index is 12.3. The van der Waals surface area contributed by atoms with Crippen LogP contribution in [0.2, 0.25) is 15.1 Å². The van der Waals surface area contributed by atoms with Crippen molar-refractivity contribution < 1.29 is 9.32 Å². The number of nitriles is 1. The molecule has 2 rings (SSSR count). The molecule has 130 valence electrons. The largest absolute Gasteiger partial charge is 0.360 e. The van der Waals surface area contributed by atoms with Crippen LogP contribution in [0.4, 0.5) is 5.69 Å². The van der Waals surface area contributed by atoms with Crippen LogP contribution >= 0.6 is 34.8 Å². The number of rotatable bonds is 4. The molecule has 0 aliphatic heterocycles. The number of benzene rings is 1. The molecule has 1 aromatic carbocycles. The highest BCUT2D eigenvalue weighted by atomic mass is 35.5. The van der Waals surface area contributed by atoms with Gasteiger partial charge in [0, 0.05) is 11.5 Å². The molecule has 0 unspecified atom stereocenters. The first kappa shape index (κ1) is 19.3. The van der Waals surface area contributed by atoms with Crippen LogP contribution in [0.3, 0.4) is 0 Å². The van der Waals surface area contributed by atoms with Gasteiger partial charge in [-0.15, -0.1) is 0 Å². The highest BCUT2D eigenvalue weighted by Gasteiger charge is 2.24. The van der Waals surface area contributed by atoms with Crippen molar-refractivity contribution in [3.8, 4) is 6.07 Å². The quantitative estimate of drug-likeness (QED) is 0.334. The molecule has 0 atom stereocenters. The van der Waals surface area contributed by atoms with Crippen molar-refractivity contribution in [2.75, 3.05) is 5.43 Å². The predicted molar refractivity (Wildman–Crippen MR) is 97.7 cm³/mol. The van der Waals surface area contributed by atoms with E-state index in [4.69, 9.17) is 39.3 Å². The van der Waals surface area contributed by atoms with Crippen LogP contribution in [0, 0.1) is 11.3 Å². The summed E-state index contributed by atoms with van der Waals surface area (Å²) in [4.78, 5) is 12.3. The van der Waals surface area contributed by atoms with E-state index in [0.717, 1.165) is 0 Å². The lowest BCUT2D eigenvalue weighted by molar-refractivity contribution is 0.105. The maximum atomic E-state index is 12.3. The summed E-state index contributed by atoms with van der Waals surface area (Å²) >= 11 is 17.7. The molecule has 0 fully saturated rings. The molecule has 0 amide bonds. The first-order valence-electron chi connectivity index (χ1n) is 7.03. The Morgan fingerprint density at radius 1 is 1.24 bits per heavy atom. The van der Waals surface area contributed by atoms with Gasteiger partial charge in [0.1, 0.15) is 11.8 Å². The molecule has 0 spiro atoms. The number of hydrazone groups is 1. The SMILES string of the molecule is CC(C)(C)c1cc(C(=O)/C(C#N)=N/Nc2cc(Cl)c(Cl)c(Cl)c2)no1. The van der Waals surface area contributed by atoms with Crippen LogP contribution in [-0.4, -0.2) is 16.7 Å². The molecule has 25 heavy (non-hydrogen) atoms. The zero-order valence-corrected chi connectivity index (χ0v) is 15.8. The van der Waals surface area contributed by atoms with E-state index in [1.165, 1.54) is 18.2 Å². The number of nitrogens with one attached hydrogen (secondary N) is 1. The lowest BCUT2D eigenvalue weighted by atomic mass is 9.93. The van der Waals surface area contributed by atoms with Crippen molar-refractivity contribution >= 4 is 52.0 Å². The van der Waals surface area contributed by atoms with Crippen molar-refractivity contribution in [2.24, 2.45) is 5.10 Å². The lowest BCUT2D eigenvalue weighted by Crippen LogP contribution is -2.15. The topological polar surface area (TPSA) is 91.3 Å². The average Bonchev–Trinajstić information content (AvgIpc) is 3.03. The molecule has 1 aromatic heterocycles. The Hall–Kier alpha value is -2.07. The fourth-order valence-electron chi connectivity index (χ4n) is 1.72. The highest BCUT2D eigenvalue weighted by Crippen LogP contribution is 2.33. The molecule has 6 nitrogen and oxygen atoms in total. The van der Waals surface area contributed by atoms with E-state index in [9.17, 15) is 10.1 Å². The minimum absolute atomic E-state index is 0.000745. The van der Waals surface area contributed by atoms with Crippen molar-refractivity contribution in [3.05, 3.63) is 44.7 Å². The van der Waals surface area contributed by atoms with Gasteiger partial charge in [-0.25, -0.2) is 0 Å². The van der Waals surface area contributed by atoms with Gasteiger partial charge < -0.3 is 4.52 Å². The molecule has 0 bridgehead atoms. The van der Waals surface area contributed by atoms with Gasteiger partial charge in [0.05, 0.1) is 20.8 Å². The number of aromatic nitrogens is 1. The van der Waals surface area contributed by atoms with Gasteiger partial charge >= 0.3 is 0 Å². The first-order valence-corrected chi connectivity index (χ1v) is 8.17. The van der Waals surface area contributed by atoms with E-state index in [2.05, 4.69) is 15.7 Å². The third-order valence-electron chi connectivity index (χ3n) is 3.08. The molecule has 0 radical (unpaired) electrons. The molecular formula is C16H13Cl3N4O2. The summed E-state index contributed by atoms with van der Waals surface area (Å²) < 4.78 is 5.15. The second kappa shape index (κ2) is 7.44. The van der Waals surface area contributed by atoms with Crippen LogP contribution in [0.1, 0.15) is 37.0 Å². The standard InChI is InChI=1S/C16H13Cl3N4O2/c1-16(2,3)13-6-11(23-25-13)15(24)12(7-20)22-21-8-4-9(17)14(19)10(18)5-8/h4-6,21H,1-3H3/b22-12+. The molecule has 0 saturated carbocycles. The normalized spacial score (nSPS) is 12.0. The van der Waals surface area contributed by atoms with Crippen molar-refractivity contribution in [2.45, 2.75) is 26.2 Å². The molecule has 9 heteroatoms. The Balaban J connectivity index is 2.24. The highest BCUT2D eigenvalue weighted by molar-refractivity contribution is 6.51. The van der Waals surface area contributed by atoms with Gasteiger partial charge in [-0.1, -0.05) is 60.7 Å². The van der Waals surface area contributed by atoms with E-state index >= 15 is 0 Å². The number of halogens is 3.